The van der Waals surface area contributed by atoms with Crippen LogP contribution in [0.5, 0.6) is 0 Å². The molecule has 27 heavy (non-hydrogen) atoms. The zero-order valence-corrected chi connectivity index (χ0v) is 17.8. The average Bonchev–Trinajstić information content (AvgIpc) is 3.33. The van der Waals surface area contributed by atoms with Crippen molar-refractivity contribution in [1.82, 2.24) is 0 Å². The van der Waals surface area contributed by atoms with Gasteiger partial charge in [-0.15, -0.1) is 23.5 Å². The van der Waals surface area contributed by atoms with Gasteiger partial charge in [-0.05, 0) is 42.0 Å². The van der Waals surface area contributed by atoms with Crippen molar-refractivity contribution in [1.29, 1.82) is 0 Å². The molecular formula is C20H19BrN2O2S2. The van der Waals surface area contributed by atoms with Crippen LogP contribution in [0.25, 0.3) is 0 Å². The van der Waals surface area contributed by atoms with Gasteiger partial charge in [0.05, 0.1) is 10.5 Å². The van der Waals surface area contributed by atoms with Crippen molar-refractivity contribution in [2.45, 2.75) is 11.0 Å². The first-order valence-corrected chi connectivity index (χ1v) is 11.7. The number of benzene rings is 2. The van der Waals surface area contributed by atoms with Gasteiger partial charge in [-0.2, -0.15) is 0 Å². The van der Waals surface area contributed by atoms with Gasteiger partial charge in [0.15, 0.2) is 0 Å². The fraction of sp³-hybridized carbons (Fsp3) is 0.300. The number of amides is 2. The van der Waals surface area contributed by atoms with Gasteiger partial charge in [0, 0.05) is 40.3 Å². The summed E-state index contributed by atoms with van der Waals surface area (Å²) in [5.74, 6) is 1.90. The third-order valence-electron chi connectivity index (χ3n) is 4.68. The summed E-state index contributed by atoms with van der Waals surface area (Å²) in [6.07, 6.45) is 0.246. The van der Waals surface area contributed by atoms with E-state index in [9.17, 15) is 9.59 Å². The number of hydrogen-bond acceptors (Lipinski definition) is 4. The molecule has 0 aromatic heterocycles. The molecule has 2 aliphatic heterocycles. The second kappa shape index (κ2) is 8.29. The molecule has 1 N–H and O–H groups in total. The lowest BCUT2D eigenvalue weighted by Crippen LogP contribution is -2.28. The van der Waals surface area contributed by atoms with Crippen LogP contribution in [0.4, 0.5) is 11.4 Å². The van der Waals surface area contributed by atoms with E-state index in [-0.39, 0.29) is 24.2 Å². The number of hydrogen-bond donors (Lipinski definition) is 1. The maximum Gasteiger partial charge on any atom is 0.229 e. The topological polar surface area (TPSA) is 49.4 Å². The van der Waals surface area contributed by atoms with E-state index in [0.717, 1.165) is 15.8 Å². The second-order valence-corrected chi connectivity index (χ2v) is 10.2. The molecule has 0 bridgehead atoms. The normalized spacial score (nSPS) is 20.3. The molecule has 2 amide bonds. The summed E-state index contributed by atoms with van der Waals surface area (Å²) in [7, 11) is 0. The van der Waals surface area contributed by atoms with Gasteiger partial charge < -0.3 is 10.2 Å². The number of anilines is 2. The van der Waals surface area contributed by atoms with Crippen molar-refractivity contribution < 1.29 is 9.59 Å². The van der Waals surface area contributed by atoms with Crippen molar-refractivity contribution in [2.75, 3.05) is 28.3 Å². The van der Waals surface area contributed by atoms with Gasteiger partial charge in [-0.25, -0.2) is 0 Å². The van der Waals surface area contributed by atoms with Gasteiger partial charge in [0.1, 0.15) is 0 Å². The average molecular weight is 463 g/mol. The molecule has 140 valence electrons. The fourth-order valence-electron chi connectivity index (χ4n) is 3.31. The molecule has 2 saturated heterocycles. The number of halogens is 1. The Morgan fingerprint density at radius 2 is 1.85 bits per heavy atom. The van der Waals surface area contributed by atoms with E-state index in [2.05, 4.69) is 33.4 Å². The first-order valence-electron chi connectivity index (χ1n) is 8.80. The Balaban J connectivity index is 1.42. The standard InChI is InChI=1S/C20H19BrN2O2S2/c21-15-4-6-17(7-5-15)23-12-14(11-18(23)24)19(25)22-16-3-1-2-13(10-16)20-26-8-9-27-20/h1-7,10,14,20H,8-9,11-12H2,(H,22,25). The SMILES string of the molecule is O=C(Nc1cccc(C2SCCS2)c1)C1CC(=O)N(c2ccc(Br)cc2)C1. The Kier molecular flexibility index (Phi) is 5.80. The molecule has 1 unspecified atom stereocenters. The van der Waals surface area contributed by atoms with Crippen molar-refractivity contribution in [3.63, 3.8) is 0 Å². The highest BCUT2D eigenvalue weighted by molar-refractivity contribution is 9.10. The summed E-state index contributed by atoms with van der Waals surface area (Å²) in [4.78, 5) is 26.8. The Hall–Kier alpha value is -1.44. The summed E-state index contributed by atoms with van der Waals surface area (Å²) in [5.41, 5.74) is 2.87. The maximum atomic E-state index is 12.7. The van der Waals surface area contributed by atoms with Gasteiger partial charge >= 0.3 is 0 Å². The molecule has 7 heteroatoms. The number of carbonyl (C=O) groups is 2. The van der Waals surface area contributed by atoms with E-state index >= 15 is 0 Å². The van der Waals surface area contributed by atoms with Gasteiger partial charge in [-0.3, -0.25) is 9.59 Å². The highest BCUT2D eigenvalue weighted by Gasteiger charge is 2.35. The third kappa shape index (κ3) is 4.36. The molecule has 2 aromatic carbocycles. The Morgan fingerprint density at radius 1 is 1.11 bits per heavy atom. The lowest BCUT2D eigenvalue weighted by molar-refractivity contribution is -0.122. The molecule has 2 fully saturated rings. The fourth-order valence-corrected chi connectivity index (χ4v) is 6.41. The first kappa shape index (κ1) is 18.9. The van der Waals surface area contributed by atoms with Crippen LogP contribution in [0.2, 0.25) is 0 Å². The molecule has 4 nitrogen and oxygen atoms in total. The largest absolute Gasteiger partial charge is 0.326 e. The van der Waals surface area contributed by atoms with Crippen LogP contribution in [-0.2, 0) is 9.59 Å². The molecular weight excluding hydrogens is 444 g/mol. The van der Waals surface area contributed by atoms with E-state index in [0.29, 0.717) is 11.1 Å². The van der Waals surface area contributed by atoms with Crippen LogP contribution >= 0.6 is 39.5 Å². The van der Waals surface area contributed by atoms with E-state index < -0.39 is 0 Å². The molecule has 2 aliphatic rings. The van der Waals surface area contributed by atoms with Crippen LogP contribution < -0.4 is 10.2 Å². The summed E-state index contributed by atoms with van der Waals surface area (Å²) in [6.45, 7) is 0.417. The van der Waals surface area contributed by atoms with Gasteiger partial charge in [0.2, 0.25) is 11.8 Å². The maximum absolute atomic E-state index is 12.7. The first-order chi connectivity index (χ1) is 13.1. The van der Waals surface area contributed by atoms with Crippen LogP contribution in [0, 0.1) is 5.92 Å². The summed E-state index contributed by atoms with van der Waals surface area (Å²) < 4.78 is 1.41. The molecule has 2 heterocycles. The zero-order chi connectivity index (χ0) is 18.8. The lowest BCUT2D eigenvalue weighted by Gasteiger charge is -2.17. The minimum atomic E-state index is -0.333. The Bertz CT molecular complexity index is 853. The van der Waals surface area contributed by atoms with Crippen LogP contribution in [-0.4, -0.2) is 29.9 Å². The smallest absolute Gasteiger partial charge is 0.229 e. The molecule has 0 radical (unpaired) electrons. The van der Waals surface area contributed by atoms with E-state index in [1.807, 2.05) is 59.9 Å². The van der Waals surface area contributed by atoms with Crippen molar-refractivity contribution in [3.05, 3.63) is 58.6 Å². The van der Waals surface area contributed by atoms with Gasteiger partial charge in [0.25, 0.3) is 0 Å². The van der Waals surface area contributed by atoms with Crippen molar-refractivity contribution >= 4 is 62.6 Å². The molecule has 0 saturated carbocycles. The summed E-state index contributed by atoms with van der Waals surface area (Å²) >= 11 is 7.29. The zero-order valence-electron chi connectivity index (χ0n) is 14.6. The summed E-state index contributed by atoms with van der Waals surface area (Å²) in [5, 5.41) is 3.01. The lowest BCUT2D eigenvalue weighted by atomic mass is 10.1. The molecule has 0 aliphatic carbocycles. The van der Waals surface area contributed by atoms with E-state index in [4.69, 9.17) is 0 Å². The number of nitrogens with zero attached hydrogens (tertiary/aromatic N) is 1. The monoisotopic (exact) mass is 462 g/mol. The number of thioether (sulfide) groups is 2. The molecule has 4 rings (SSSR count). The Labute approximate surface area is 175 Å². The van der Waals surface area contributed by atoms with Crippen molar-refractivity contribution in [2.24, 2.45) is 5.92 Å². The summed E-state index contributed by atoms with van der Waals surface area (Å²) in [6, 6.07) is 15.6. The minimum Gasteiger partial charge on any atom is -0.326 e. The van der Waals surface area contributed by atoms with Crippen molar-refractivity contribution in [3.8, 4) is 0 Å². The van der Waals surface area contributed by atoms with Gasteiger partial charge in [-0.1, -0.05) is 28.1 Å². The van der Waals surface area contributed by atoms with E-state index in [1.54, 1.807) is 4.90 Å². The Morgan fingerprint density at radius 3 is 2.59 bits per heavy atom. The minimum absolute atomic E-state index is 0.00928. The molecule has 2 aromatic rings. The number of rotatable bonds is 4. The van der Waals surface area contributed by atoms with Crippen LogP contribution in [0.3, 0.4) is 0 Å². The van der Waals surface area contributed by atoms with E-state index in [1.165, 1.54) is 17.1 Å². The molecule has 1 atom stereocenters. The quantitative estimate of drug-likeness (QED) is 0.700. The predicted octanol–water partition coefficient (Wildman–Crippen LogP) is 4.92. The predicted molar refractivity (Wildman–Crippen MR) is 117 cm³/mol. The molecule has 0 spiro atoms. The third-order valence-corrected chi connectivity index (χ3v) is 8.32. The highest BCUT2D eigenvalue weighted by Crippen LogP contribution is 2.45. The van der Waals surface area contributed by atoms with Crippen LogP contribution in [0.15, 0.2) is 53.0 Å². The number of carbonyl (C=O) groups excluding carboxylic acids is 2. The highest BCUT2D eigenvalue weighted by atomic mass is 79.9. The number of nitrogens with one attached hydrogen (secondary N) is 1. The van der Waals surface area contributed by atoms with Crippen LogP contribution in [0.1, 0.15) is 16.6 Å². The second-order valence-electron chi connectivity index (χ2n) is 6.57.